The van der Waals surface area contributed by atoms with E-state index < -0.39 is 41.6 Å². The van der Waals surface area contributed by atoms with E-state index in [9.17, 15) is 24.9 Å². The van der Waals surface area contributed by atoms with Crippen molar-refractivity contribution < 1.29 is 29.6 Å². The van der Waals surface area contributed by atoms with Crippen molar-refractivity contribution in [3.8, 4) is 11.1 Å². The summed E-state index contributed by atoms with van der Waals surface area (Å²) in [5.41, 5.74) is -0.789. The van der Waals surface area contributed by atoms with Gasteiger partial charge < -0.3 is 20.1 Å². The fraction of sp³-hybridized carbons (Fsp3) is 0.310. The predicted octanol–water partition coefficient (Wildman–Crippen LogP) is 5.11. The van der Waals surface area contributed by atoms with Gasteiger partial charge in [-0.3, -0.25) is 4.79 Å². The summed E-state index contributed by atoms with van der Waals surface area (Å²) < 4.78 is 5.88. The maximum atomic E-state index is 13.3. The van der Waals surface area contributed by atoms with E-state index in [-0.39, 0.29) is 12.0 Å². The van der Waals surface area contributed by atoms with Gasteiger partial charge in [0.1, 0.15) is 0 Å². The molecule has 3 aromatic rings. The minimum atomic E-state index is -1.64. The molecule has 4 rings (SSSR count). The summed E-state index contributed by atoms with van der Waals surface area (Å²) in [4.78, 5) is 26.1. The second-order valence-electron chi connectivity index (χ2n) is 9.53. The van der Waals surface area contributed by atoms with Gasteiger partial charge in [-0.25, -0.2) is 4.79 Å². The second kappa shape index (κ2) is 10.8. The Labute approximate surface area is 214 Å². The highest BCUT2D eigenvalue weighted by molar-refractivity contribution is 7.09. The molecule has 1 aliphatic rings. The highest BCUT2D eigenvalue weighted by atomic mass is 32.1. The van der Waals surface area contributed by atoms with Crippen LogP contribution in [0.4, 0.5) is 0 Å². The Bertz CT molecular complexity index is 1220. The van der Waals surface area contributed by atoms with Crippen molar-refractivity contribution in [1.29, 1.82) is 0 Å². The molecular formula is C29H30O6S. The van der Waals surface area contributed by atoms with Gasteiger partial charge in [0.2, 0.25) is 0 Å². The van der Waals surface area contributed by atoms with E-state index in [0.717, 1.165) is 16.0 Å². The van der Waals surface area contributed by atoms with Crippen molar-refractivity contribution in [2.24, 2.45) is 5.92 Å². The molecule has 188 valence electrons. The number of carboxylic acid groups (broad SMARTS) is 1. The van der Waals surface area contributed by atoms with Crippen LogP contribution in [0, 0.1) is 5.92 Å². The van der Waals surface area contributed by atoms with Gasteiger partial charge in [-0.2, -0.15) is 0 Å². The first-order chi connectivity index (χ1) is 17.2. The number of aliphatic hydroxyl groups excluding tert-OH is 1. The Morgan fingerprint density at radius 3 is 2.53 bits per heavy atom. The van der Waals surface area contributed by atoms with Gasteiger partial charge in [-0.15, -0.1) is 11.3 Å². The molecular weight excluding hydrogens is 476 g/mol. The molecule has 0 saturated heterocycles. The van der Waals surface area contributed by atoms with E-state index in [1.54, 1.807) is 48.6 Å². The van der Waals surface area contributed by atoms with Crippen LogP contribution in [0.5, 0.6) is 0 Å². The first-order valence-corrected chi connectivity index (χ1v) is 12.8. The molecule has 1 aliphatic carbocycles. The van der Waals surface area contributed by atoms with E-state index in [2.05, 4.69) is 0 Å². The van der Waals surface area contributed by atoms with Crippen LogP contribution < -0.4 is 0 Å². The SMILES string of the molecule is CC(O)(C=CC1CCC(O)C1(CC(=O)O)OC(=O)c1cccc(-c2ccccc2)c1)Cc1cccs1. The lowest BCUT2D eigenvalue weighted by molar-refractivity contribution is -0.150. The number of carbonyl (C=O) groups excluding carboxylic acids is 1. The standard InChI is InChI=1S/C29H30O6S/c1-28(34,18-24-11-6-16-36-24)15-14-23-12-13-25(30)29(23,19-26(31)32)35-27(33)22-10-5-9-21(17-22)20-7-3-2-4-8-20/h2-11,14-17,23,25,30,34H,12-13,18-19H2,1H3,(H,31,32). The van der Waals surface area contributed by atoms with Crippen LogP contribution in [0.3, 0.4) is 0 Å². The number of aliphatic hydroxyl groups is 2. The topological polar surface area (TPSA) is 104 Å². The van der Waals surface area contributed by atoms with E-state index >= 15 is 0 Å². The third-order valence-corrected chi connectivity index (χ3v) is 7.53. The molecule has 0 spiro atoms. The second-order valence-corrected chi connectivity index (χ2v) is 10.6. The minimum Gasteiger partial charge on any atom is -0.481 e. The van der Waals surface area contributed by atoms with E-state index in [1.165, 1.54) is 0 Å². The van der Waals surface area contributed by atoms with Crippen LogP contribution in [-0.2, 0) is 16.0 Å². The van der Waals surface area contributed by atoms with Crippen molar-refractivity contribution in [2.75, 3.05) is 0 Å². The highest BCUT2D eigenvalue weighted by Gasteiger charge is 2.53. The summed E-state index contributed by atoms with van der Waals surface area (Å²) in [5.74, 6) is -2.44. The van der Waals surface area contributed by atoms with Crippen molar-refractivity contribution in [2.45, 2.75) is 49.9 Å². The molecule has 1 aromatic heterocycles. The van der Waals surface area contributed by atoms with Gasteiger partial charge in [0.15, 0.2) is 5.60 Å². The molecule has 0 amide bonds. The average Bonchev–Trinajstić information content (AvgIpc) is 3.46. The largest absolute Gasteiger partial charge is 0.481 e. The summed E-state index contributed by atoms with van der Waals surface area (Å²) in [5, 5.41) is 33.4. The zero-order chi connectivity index (χ0) is 25.8. The fourth-order valence-electron chi connectivity index (χ4n) is 4.83. The number of hydrogen-bond donors (Lipinski definition) is 3. The van der Waals surface area contributed by atoms with Crippen LogP contribution in [0.1, 0.15) is 41.4 Å². The lowest BCUT2D eigenvalue weighted by Crippen LogP contribution is -2.48. The average molecular weight is 507 g/mol. The lowest BCUT2D eigenvalue weighted by atomic mass is 9.84. The Kier molecular flexibility index (Phi) is 7.73. The molecule has 0 aliphatic heterocycles. The molecule has 0 radical (unpaired) electrons. The molecule has 7 heteroatoms. The number of hydrogen-bond acceptors (Lipinski definition) is 6. The van der Waals surface area contributed by atoms with E-state index in [1.807, 2.05) is 53.9 Å². The fourth-order valence-corrected chi connectivity index (χ4v) is 5.70. The Hall–Kier alpha value is -3.26. The number of carboxylic acids is 1. The summed E-state index contributed by atoms with van der Waals surface area (Å²) >= 11 is 1.54. The quantitative estimate of drug-likeness (QED) is 0.275. The van der Waals surface area contributed by atoms with Gasteiger partial charge in [-0.1, -0.05) is 60.7 Å². The Balaban J connectivity index is 1.60. The Morgan fingerprint density at radius 2 is 1.83 bits per heavy atom. The number of ether oxygens (including phenoxy) is 1. The van der Waals surface area contributed by atoms with Crippen molar-refractivity contribution in [1.82, 2.24) is 0 Å². The molecule has 6 nitrogen and oxygen atoms in total. The van der Waals surface area contributed by atoms with Crippen LogP contribution in [0.2, 0.25) is 0 Å². The summed E-state index contributed by atoms with van der Waals surface area (Å²) in [6.07, 6.45) is 2.74. The van der Waals surface area contributed by atoms with Crippen molar-refractivity contribution in [3.63, 3.8) is 0 Å². The molecule has 2 aromatic carbocycles. The zero-order valence-electron chi connectivity index (χ0n) is 20.0. The highest BCUT2D eigenvalue weighted by Crippen LogP contribution is 2.43. The third kappa shape index (κ3) is 5.93. The molecule has 4 unspecified atom stereocenters. The number of benzene rings is 2. The number of thiophene rings is 1. The molecule has 1 fully saturated rings. The van der Waals surface area contributed by atoms with Gasteiger partial charge >= 0.3 is 11.9 Å². The van der Waals surface area contributed by atoms with Gasteiger partial charge in [0.05, 0.1) is 23.7 Å². The number of carbonyl (C=O) groups is 2. The minimum absolute atomic E-state index is 0.271. The monoisotopic (exact) mass is 506 g/mol. The molecule has 4 atom stereocenters. The van der Waals surface area contributed by atoms with E-state index in [0.29, 0.717) is 12.8 Å². The molecule has 1 heterocycles. The molecule has 36 heavy (non-hydrogen) atoms. The van der Waals surface area contributed by atoms with Gasteiger partial charge in [0, 0.05) is 17.2 Å². The smallest absolute Gasteiger partial charge is 0.338 e. The zero-order valence-corrected chi connectivity index (χ0v) is 20.9. The Morgan fingerprint density at radius 1 is 1.08 bits per heavy atom. The molecule has 3 N–H and O–H groups in total. The maximum Gasteiger partial charge on any atom is 0.338 e. The first-order valence-electron chi connectivity index (χ1n) is 11.9. The normalized spacial score (nSPS) is 23.4. The first kappa shape index (κ1) is 25.8. The van der Waals surface area contributed by atoms with Crippen LogP contribution in [-0.4, -0.2) is 44.6 Å². The van der Waals surface area contributed by atoms with Crippen molar-refractivity contribution >= 4 is 23.3 Å². The molecule has 0 bridgehead atoms. The van der Waals surface area contributed by atoms with Gasteiger partial charge in [-0.05, 0) is 54.5 Å². The summed E-state index contributed by atoms with van der Waals surface area (Å²) in [6, 6.07) is 20.4. The van der Waals surface area contributed by atoms with Crippen LogP contribution >= 0.6 is 11.3 Å². The number of esters is 1. The summed E-state index contributed by atoms with van der Waals surface area (Å²) in [7, 11) is 0. The van der Waals surface area contributed by atoms with Gasteiger partial charge in [0.25, 0.3) is 0 Å². The van der Waals surface area contributed by atoms with Crippen LogP contribution in [0.25, 0.3) is 11.1 Å². The lowest BCUT2D eigenvalue weighted by Gasteiger charge is -2.35. The number of rotatable bonds is 9. The third-order valence-electron chi connectivity index (χ3n) is 6.66. The number of aliphatic carboxylic acids is 1. The van der Waals surface area contributed by atoms with Crippen LogP contribution in [0.15, 0.2) is 84.3 Å². The van der Waals surface area contributed by atoms with E-state index in [4.69, 9.17) is 4.74 Å². The van der Waals surface area contributed by atoms with Crippen molar-refractivity contribution in [3.05, 3.63) is 94.7 Å². The predicted molar refractivity (Wildman–Crippen MR) is 139 cm³/mol. The maximum absolute atomic E-state index is 13.3. The summed E-state index contributed by atoms with van der Waals surface area (Å²) in [6.45, 7) is 1.68. The molecule has 1 saturated carbocycles.